The van der Waals surface area contributed by atoms with Gasteiger partial charge in [0.15, 0.2) is 0 Å². The van der Waals surface area contributed by atoms with E-state index in [2.05, 4.69) is 11.4 Å². The first-order valence-electron chi connectivity index (χ1n) is 4.91. The fourth-order valence-electron chi connectivity index (χ4n) is 1.47. The van der Waals surface area contributed by atoms with Gasteiger partial charge in [-0.05, 0) is 32.6 Å². The Kier molecular flexibility index (Phi) is 3.96. The van der Waals surface area contributed by atoms with Crippen LogP contribution in [-0.4, -0.2) is 18.5 Å². The maximum absolute atomic E-state index is 11.1. The highest BCUT2D eigenvalue weighted by atomic mass is 16.2. The van der Waals surface area contributed by atoms with Crippen LogP contribution in [0.5, 0.6) is 0 Å². The van der Waals surface area contributed by atoms with E-state index in [1.54, 1.807) is 6.92 Å². The van der Waals surface area contributed by atoms with E-state index in [4.69, 9.17) is 5.73 Å². The number of carbonyl (C=O) groups excluding carboxylic acids is 1. The summed E-state index contributed by atoms with van der Waals surface area (Å²) in [5, 5.41) is 2.80. The van der Waals surface area contributed by atoms with E-state index in [0.717, 1.165) is 13.0 Å². The van der Waals surface area contributed by atoms with Crippen LogP contribution in [0.3, 0.4) is 0 Å². The minimum Gasteiger partial charge on any atom is -0.354 e. The Hall–Kier alpha value is -0.830. The summed E-state index contributed by atoms with van der Waals surface area (Å²) in [6.45, 7) is 2.43. The molecule has 0 heterocycles. The Morgan fingerprint density at radius 3 is 3.08 bits per heavy atom. The van der Waals surface area contributed by atoms with Crippen LogP contribution in [0.2, 0.25) is 0 Å². The second-order valence-corrected chi connectivity index (χ2v) is 3.58. The molecule has 0 aromatic heterocycles. The van der Waals surface area contributed by atoms with Gasteiger partial charge in [-0.1, -0.05) is 11.6 Å². The van der Waals surface area contributed by atoms with Gasteiger partial charge in [0.2, 0.25) is 5.91 Å². The van der Waals surface area contributed by atoms with Crippen LogP contribution < -0.4 is 11.1 Å². The highest BCUT2D eigenvalue weighted by Gasteiger charge is 2.07. The lowest BCUT2D eigenvalue weighted by molar-refractivity contribution is -0.121. The second kappa shape index (κ2) is 5.02. The van der Waals surface area contributed by atoms with E-state index in [1.165, 1.54) is 24.8 Å². The average molecular weight is 182 g/mol. The lowest BCUT2D eigenvalue weighted by Crippen LogP contribution is -2.38. The SMILES string of the molecule is C[C@@H](N)C(=O)NCCC1=CCCC1. The third-order valence-corrected chi connectivity index (χ3v) is 2.29. The molecule has 0 saturated heterocycles. The van der Waals surface area contributed by atoms with E-state index in [-0.39, 0.29) is 5.91 Å². The first kappa shape index (κ1) is 10.3. The molecular formula is C10H18N2O. The molecule has 13 heavy (non-hydrogen) atoms. The third-order valence-electron chi connectivity index (χ3n) is 2.29. The molecule has 0 aliphatic heterocycles. The van der Waals surface area contributed by atoms with E-state index in [9.17, 15) is 4.79 Å². The molecule has 1 rings (SSSR count). The summed E-state index contributed by atoms with van der Waals surface area (Å²) >= 11 is 0. The number of rotatable bonds is 4. The molecule has 0 aromatic rings. The highest BCUT2D eigenvalue weighted by Crippen LogP contribution is 2.19. The van der Waals surface area contributed by atoms with Crippen LogP contribution in [0.15, 0.2) is 11.6 Å². The van der Waals surface area contributed by atoms with Gasteiger partial charge in [0.05, 0.1) is 6.04 Å². The van der Waals surface area contributed by atoms with Crippen LogP contribution in [-0.2, 0) is 4.79 Å². The minimum atomic E-state index is -0.391. The van der Waals surface area contributed by atoms with Gasteiger partial charge in [-0.15, -0.1) is 0 Å². The van der Waals surface area contributed by atoms with E-state index < -0.39 is 6.04 Å². The van der Waals surface area contributed by atoms with Crippen LogP contribution >= 0.6 is 0 Å². The average Bonchev–Trinajstić information content (AvgIpc) is 2.56. The maximum atomic E-state index is 11.1. The van der Waals surface area contributed by atoms with E-state index >= 15 is 0 Å². The maximum Gasteiger partial charge on any atom is 0.236 e. The molecule has 0 spiro atoms. The van der Waals surface area contributed by atoms with Crippen molar-refractivity contribution in [2.75, 3.05) is 6.54 Å². The van der Waals surface area contributed by atoms with Crippen LogP contribution in [0, 0.1) is 0 Å². The molecule has 1 amide bonds. The Labute approximate surface area is 79.4 Å². The Bertz CT molecular complexity index is 209. The van der Waals surface area contributed by atoms with Gasteiger partial charge < -0.3 is 11.1 Å². The van der Waals surface area contributed by atoms with Crippen molar-refractivity contribution < 1.29 is 4.79 Å². The number of nitrogens with two attached hydrogens (primary N) is 1. The predicted octanol–water partition coefficient (Wildman–Crippen LogP) is 0.950. The topological polar surface area (TPSA) is 55.1 Å². The largest absolute Gasteiger partial charge is 0.354 e. The van der Waals surface area contributed by atoms with Gasteiger partial charge in [-0.25, -0.2) is 0 Å². The number of carbonyl (C=O) groups is 1. The number of amides is 1. The van der Waals surface area contributed by atoms with Gasteiger partial charge in [-0.3, -0.25) is 4.79 Å². The Morgan fingerprint density at radius 1 is 1.77 bits per heavy atom. The summed E-state index contributed by atoms with van der Waals surface area (Å²) in [4.78, 5) is 11.1. The quantitative estimate of drug-likeness (QED) is 0.636. The van der Waals surface area contributed by atoms with Crippen molar-refractivity contribution in [2.24, 2.45) is 5.73 Å². The smallest absolute Gasteiger partial charge is 0.236 e. The lowest BCUT2D eigenvalue weighted by atomic mass is 10.1. The molecular weight excluding hydrogens is 164 g/mol. The summed E-state index contributed by atoms with van der Waals surface area (Å²) in [5.74, 6) is -0.0569. The molecule has 3 nitrogen and oxygen atoms in total. The summed E-state index contributed by atoms with van der Waals surface area (Å²) in [6.07, 6.45) is 6.94. The normalized spacial score (nSPS) is 18.2. The van der Waals surface area contributed by atoms with Gasteiger partial charge in [-0.2, -0.15) is 0 Å². The Morgan fingerprint density at radius 2 is 2.54 bits per heavy atom. The van der Waals surface area contributed by atoms with Crippen molar-refractivity contribution in [3.63, 3.8) is 0 Å². The first-order valence-corrected chi connectivity index (χ1v) is 4.91. The van der Waals surface area contributed by atoms with Crippen molar-refractivity contribution in [3.05, 3.63) is 11.6 Å². The molecule has 1 atom stereocenters. The number of hydrogen-bond donors (Lipinski definition) is 2. The van der Waals surface area contributed by atoms with Crippen molar-refractivity contribution in [3.8, 4) is 0 Å². The number of hydrogen-bond acceptors (Lipinski definition) is 2. The van der Waals surface area contributed by atoms with Crippen molar-refractivity contribution >= 4 is 5.91 Å². The summed E-state index contributed by atoms with van der Waals surface area (Å²) in [5.41, 5.74) is 6.88. The molecule has 0 fully saturated rings. The van der Waals surface area contributed by atoms with E-state index in [0.29, 0.717) is 0 Å². The van der Waals surface area contributed by atoms with Gasteiger partial charge in [0.1, 0.15) is 0 Å². The zero-order valence-electron chi connectivity index (χ0n) is 8.18. The monoisotopic (exact) mass is 182 g/mol. The van der Waals surface area contributed by atoms with Crippen LogP contribution in [0.1, 0.15) is 32.6 Å². The van der Waals surface area contributed by atoms with Gasteiger partial charge >= 0.3 is 0 Å². The fraction of sp³-hybridized carbons (Fsp3) is 0.700. The predicted molar refractivity (Wildman–Crippen MR) is 53.2 cm³/mol. The van der Waals surface area contributed by atoms with Crippen molar-refractivity contribution in [1.29, 1.82) is 0 Å². The number of allylic oxidation sites excluding steroid dienone is 1. The molecule has 0 aromatic carbocycles. The molecule has 74 valence electrons. The zero-order valence-corrected chi connectivity index (χ0v) is 8.18. The molecule has 0 unspecified atom stereocenters. The highest BCUT2D eigenvalue weighted by molar-refractivity contribution is 5.80. The minimum absolute atomic E-state index is 0.0569. The molecule has 3 heteroatoms. The molecule has 0 radical (unpaired) electrons. The molecule has 1 aliphatic carbocycles. The van der Waals surface area contributed by atoms with Crippen molar-refractivity contribution in [1.82, 2.24) is 5.32 Å². The summed E-state index contributed by atoms with van der Waals surface area (Å²) in [6, 6.07) is -0.391. The summed E-state index contributed by atoms with van der Waals surface area (Å²) < 4.78 is 0. The standard InChI is InChI=1S/C10H18N2O/c1-8(11)10(13)12-7-6-9-4-2-3-5-9/h4,8H,2-3,5-7,11H2,1H3,(H,12,13)/t8-/m1/s1. The van der Waals surface area contributed by atoms with Crippen molar-refractivity contribution in [2.45, 2.75) is 38.6 Å². The molecule has 0 saturated carbocycles. The Balaban J connectivity index is 2.10. The second-order valence-electron chi connectivity index (χ2n) is 3.58. The molecule has 3 N–H and O–H groups in total. The zero-order chi connectivity index (χ0) is 9.68. The molecule has 1 aliphatic rings. The van der Waals surface area contributed by atoms with E-state index in [1.807, 2.05) is 0 Å². The molecule has 0 bridgehead atoms. The third kappa shape index (κ3) is 3.59. The van der Waals surface area contributed by atoms with Gasteiger partial charge in [0, 0.05) is 6.54 Å². The van der Waals surface area contributed by atoms with Crippen LogP contribution in [0.25, 0.3) is 0 Å². The first-order chi connectivity index (χ1) is 6.20. The van der Waals surface area contributed by atoms with Gasteiger partial charge in [0.25, 0.3) is 0 Å². The summed E-state index contributed by atoms with van der Waals surface area (Å²) in [7, 11) is 0. The van der Waals surface area contributed by atoms with Crippen LogP contribution in [0.4, 0.5) is 0 Å². The lowest BCUT2D eigenvalue weighted by Gasteiger charge is -2.07. The fourth-order valence-corrected chi connectivity index (χ4v) is 1.47. The number of nitrogens with one attached hydrogen (secondary N) is 1.